The number of hydrogen-bond acceptors (Lipinski definition) is 4. The van der Waals surface area contributed by atoms with Crippen molar-refractivity contribution in [1.82, 2.24) is 0 Å². The summed E-state index contributed by atoms with van der Waals surface area (Å²) >= 11 is 0. The van der Waals surface area contributed by atoms with Crippen LogP contribution in [0, 0.1) is 6.92 Å². The highest BCUT2D eigenvalue weighted by Gasteiger charge is 2.19. The van der Waals surface area contributed by atoms with E-state index in [1.807, 2.05) is 19.1 Å². The molecular formula is C13H16O4. The number of esters is 2. The topological polar surface area (TPSA) is 52.6 Å². The van der Waals surface area contributed by atoms with Crippen molar-refractivity contribution in [2.45, 2.75) is 26.9 Å². The van der Waals surface area contributed by atoms with Crippen molar-refractivity contribution in [3.05, 3.63) is 35.4 Å². The molecule has 0 aliphatic carbocycles. The fraction of sp³-hybridized carbons (Fsp3) is 0.385. The van der Waals surface area contributed by atoms with E-state index in [9.17, 15) is 9.59 Å². The Morgan fingerprint density at radius 3 is 2.35 bits per heavy atom. The van der Waals surface area contributed by atoms with Crippen LogP contribution < -0.4 is 0 Å². The number of rotatable bonds is 4. The molecule has 0 aliphatic heterocycles. The van der Waals surface area contributed by atoms with Gasteiger partial charge in [-0.25, -0.2) is 9.59 Å². The van der Waals surface area contributed by atoms with E-state index in [2.05, 4.69) is 0 Å². The third-order valence-electron chi connectivity index (χ3n) is 2.19. The molecule has 0 saturated heterocycles. The lowest BCUT2D eigenvalue weighted by Gasteiger charge is -2.11. The molecule has 1 aromatic rings. The van der Waals surface area contributed by atoms with Crippen LogP contribution in [0.15, 0.2) is 24.3 Å². The van der Waals surface area contributed by atoms with Crippen molar-refractivity contribution in [2.75, 3.05) is 6.61 Å². The molecule has 0 aromatic heterocycles. The van der Waals surface area contributed by atoms with Crippen LogP contribution in [-0.4, -0.2) is 24.6 Å². The van der Waals surface area contributed by atoms with Gasteiger partial charge in [-0.05, 0) is 32.9 Å². The summed E-state index contributed by atoms with van der Waals surface area (Å²) in [6.45, 7) is 5.39. The molecular weight excluding hydrogens is 220 g/mol. The van der Waals surface area contributed by atoms with E-state index in [0.29, 0.717) is 5.56 Å². The van der Waals surface area contributed by atoms with Gasteiger partial charge >= 0.3 is 11.9 Å². The Hall–Kier alpha value is -1.84. The Kier molecular flexibility index (Phi) is 4.69. The van der Waals surface area contributed by atoms with E-state index in [1.54, 1.807) is 19.1 Å². The zero-order valence-corrected chi connectivity index (χ0v) is 10.2. The van der Waals surface area contributed by atoms with Crippen molar-refractivity contribution in [1.29, 1.82) is 0 Å². The second kappa shape index (κ2) is 6.03. The summed E-state index contributed by atoms with van der Waals surface area (Å²) in [5.74, 6) is -1.06. The van der Waals surface area contributed by atoms with Gasteiger partial charge in [0.25, 0.3) is 0 Å². The lowest BCUT2D eigenvalue weighted by atomic mass is 10.1. The highest BCUT2D eigenvalue weighted by Crippen LogP contribution is 2.07. The number of carbonyl (C=O) groups is 2. The van der Waals surface area contributed by atoms with Gasteiger partial charge < -0.3 is 9.47 Å². The summed E-state index contributed by atoms with van der Waals surface area (Å²) < 4.78 is 9.72. The van der Waals surface area contributed by atoms with Gasteiger partial charge in [0.15, 0.2) is 6.10 Å². The number of ether oxygens (including phenoxy) is 2. The molecule has 0 radical (unpaired) electrons. The summed E-state index contributed by atoms with van der Waals surface area (Å²) in [6.07, 6.45) is -0.885. The molecule has 1 atom stereocenters. The summed E-state index contributed by atoms with van der Waals surface area (Å²) in [5, 5.41) is 0. The zero-order chi connectivity index (χ0) is 12.8. The van der Waals surface area contributed by atoms with Gasteiger partial charge in [0.1, 0.15) is 0 Å². The Bertz CT molecular complexity index is 394. The Balaban J connectivity index is 2.60. The molecule has 4 heteroatoms. The van der Waals surface area contributed by atoms with Crippen molar-refractivity contribution < 1.29 is 19.1 Å². The highest BCUT2D eigenvalue weighted by molar-refractivity contribution is 5.91. The molecule has 0 N–H and O–H groups in total. The van der Waals surface area contributed by atoms with Gasteiger partial charge in [0, 0.05) is 0 Å². The van der Waals surface area contributed by atoms with Crippen LogP contribution >= 0.6 is 0 Å². The molecule has 0 heterocycles. The first-order chi connectivity index (χ1) is 8.04. The average Bonchev–Trinajstić information content (AvgIpc) is 2.30. The van der Waals surface area contributed by atoms with Gasteiger partial charge in [-0.15, -0.1) is 0 Å². The summed E-state index contributed by atoms with van der Waals surface area (Å²) in [5.41, 5.74) is 1.48. The number of benzene rings is 1. The monoisotopic (exact) mass is 236 g/mol. The summed E-state index contributed by atoms with van der Waals surface area (Å²) in [6, 6.07) is 6.95. The first kappa shape index (κ1) is 13.2. The van der Waals surface area contributed by atoms with E-state index >= 15 is 0 Å². The molecule has 0 amide bonds. The molecule has 0 aliphatic rings. The lowest BCUT2D eigenvalue weighted by Crippen LogP contribution is -2.26. The maximum absolute atomic E-state index is 11.6. The third kappa shape index (κ3) is 3.90. The molecule has 0 saturated carbocycles. The van der Waals surface area contributed by atoms with Crippen LogP contribution in [0.1, 0.15) is 29.8 Å². The molecule has 0 fully saturated rings. The van der Waals surface area contributed by atoms with Crippen LogP contribution in [0.3, 0.4) is 0 Å². The second-order valence-electron chi connectivity index (χ2n) is 3.67. The Morgan fingerprint density at radius 1 is 1.24 bits per heavy atom. The van der Waals surface area contributed by atoms with Gasteiger partial charge in [0.05, 0.1) is 12.2 Å². The Labute approximate surface area is 101 Å². The minimum atomic E-state index is -0.885. The third-order valence-corrected chi connectivity index (χ3v) is 2.19. The minimum absolute atomic E-state index is 0.269. The quantitative estimate of drug-likeness (QED) is 0.751. The van der Waals surface area contributed by atoms with E-state index in [0.717, 1.165) is 5.56 Å². The maximum Gasteiger partial charge on any atom is 0.347 e. The van der Waals surface area contributed by atoms with Gasteiger partial charge in [-0.1, -0.05) is 17.7 Å². The van der Waals surface area contributed by atoms with Gasteiger partial charge in [-0.3, -0.25) is 0 Å². The maximum atomic E-state index is 11.6. The average molecular weight is 236 g/mol. The van der Waals surface area contributed by atoms with Crippen LogP contribution in [0.4, 0.5) is 0 Å². The van der Waals surface area contributed by atoms with Crippen molar-refractivity contribution in [2.24, 2.45) is 0 Å². The molecule has 17 heavy (non-hydrogen) atoms. The predicted molar refractivity (Wildman–Crippen MR) is 62.7 cm³/mol. The van der Waals surface area contributed by atoms with E-state index in [-0.39, 0.29) is 6.61 Å². The van der Waals surface area contributed by atoms with Crippen molar-refractivity contribution >= 4 is 11.9 Å². The molecule has 1 rings (SSSR count). The number of carbonyl (C=O) groups excluding carboxylic acids is 2. The largest absolute Gasteiger partial charge is 0.463 e. The highest BCUT2D eigenvalue weighted by atomic mass is 16.6. The van der Waals surface area contributed by atoms with Crippen LogP contribution in [0.2, 0.25) is 0 Å². The summed E-state index contributed by atoms with van der Waals surface area (Å²) in [7, 11) is 0. The zero-order valence-electron chi connectivity index (χ0n) is 10.2. The normalized spacial score (nSPS) is 11.7. The predicted octanol–water partition coefficient (Wildman–Crippen LogP) is 2.10. The van der Waals surface area contributed by atoms with Gasteiger partial charge in [0.2, 0.25) is 0 Å². The van der Waals surface area contributed by atoms with Crippen LogP contribution in [0.5, 0.6) is 0 Å². The minimum Gasteiger partial charge on any atom is -0.463 e. The summed E-state index contributed by atoms with van der Waals surface area (Å²) in [4.78, 5) is 22.9. The number of hydrogen-bond donors (Lipinski definition) is 0. The standard InChI is InChI=1S/C13H16O4/c1-4-16-12(14)10(3)17-13(15)11-7-5-9(2)6-8-11/h5-8,10H,4H2,1-3H3/t10-/m0/s1. The fourth-order valence-electron chi connectivity index (χ4n) is 1.23. The fourth-order valence-corrected chi connectivity index (χ4v) is 1.23. The molecule has 0 bridgehead atoms. The molecule has 1 aromatic carbocycles. The smallest absolute Gasteiger partial charge is 0.347 e. The van der Waals surface area contributed by atoms with Crippen molar-refractivity contribution in [3.8, 4) is 0 Å². The van der Waals surface area contributed by atoms with Crippen LogP contribution in [-0.2, 0) is 14.3 Å². The second-order valence-corrected chi connectivity index (χ2v) is 3.67. The molecule has 0 unspecified atom stereocenters. The lowest BCUT2D eigenvalue weighted by molar-refractivity contribution is -0.152. The van der Waals surface area contributed by atoms with E-state index < -0.39 is 18.0 Å². The first-order valence-corrected chi connectivity index (χ1v) is 5.49. The van der Waals surface area contributed by atoms with Crippen LogP contribution in [0.25, 0.3) is 0 Å². The van der Waals surface area contributed by atoms with E-state index in [4.69, 9.17) is 9.47 Å². The molecule has 92 valence electrons. The van der Waals surface area contributed by atoms with Crippen molar-refractivity contribution in [3.63, 3.8) is 0 Å². The molecule has 4 nitrogen and oxygen atoms in total. The number of aryl methyl sites for hydroxylation is 1. The molecule has 0 spiro atoms. The van der Waals surface area contributed by atoms with Gasteiger partial charge in [-0.2, -0.15) is 0 Å². The first-order valence-electron chi connectivity index (χ1n) is 5.49. The Morgan fingerprint density at radius 2 is 1.82 bits per heavy atom. The van der Waals surface area contributed by atoms with E-state index in [1.165, 1.54) is 6.92 Å². The SMILES string of the molecule is CCOC(=O)[C@H](C)OC(=O)c1ccc(C)cc1.